The summed E-state index contributed by atoms with van der Waals surface area (Å²) in [7, 11) is 1.73. The van der Waals surface area contributed by atoms with Crippen LogP contribution in [0.1, 0.15) is 30.0 Å². The number of guanidine groups is 1. The van der Waals surface area contributed by atoms with Crippen molar-refractivity contribution in [2.24, 2.45) is 4.99 Å². The quantitative estimate of drug-likeness (QED) is 0.263. The molecule has 6 nitrogen and oxygen atoms in total. The van der Waals surface area contributed by atoms with Crippen molar-refractivity contribution in [3.05, 3.63) is 71.8 Å². The van der Waals surface area contributed by atoms with E-state index in [1.165, 1.54) is 24.0 Å². The molecule has 0 bridgehead atoms. The number of nitrogens with zero attached hydrogens (tertiary/aromatic N) is 2. The molecule has 3 rings (SSSR count). The molecular formula is C24H34IN5O. The molecule has 3 N–H and O–H groups in total. The maximum atomic E-state index is 12.2. The van der Waals surface area contributed by atoms with Crippen LogP contribution in [0.3, 0.4) is 0 Å². The molecule has 1 amide bonds. The molecular weight excluding hydrogens is 501 g/mol. The Morgan fingerprint density at radius 1 is 0.968 bits per heavy atom. The molecule has 1 heterocycles. The minimum absolute atomic E-state index is 0. The van der Waals surface area contributed by atoms with Gasteiger partial charge in [-0.3, -0.25) is 14.7 Å². The van der Waals surface area contributed by atoms with Gasteiger partial charge in [-0.25, -0.2) is 0 Å². The SMILES string of the molecule is CN=C(NCC(=O)NCCc1ccccc1)NCC(c1ccccc1)N1CCCC1.I. The molecule has 1 unspecified atom stereocenters. The number of benzene rings is 2. The first-order chi connectivity index (χ1) is 14.8. The lowest BCUT2D eigenvalue weighted by Gasteiger charge is -2.28. The number of hydrogen-bond acceptors (Lipinski definition) is 3. The van der Waals surface area contributed by atoms with E-state index in [0.29, 0.717) is 18.5 Å². The molecule has 7 heteroatoms. The van der Waals surface area contributed by atoms with Crippen LogP contribution in [0.2, 0.25) is 0 Å². The molecule has 2 aromatic rings. The van der Waals surface area contributed by atoms with Gasteiger partial charge in [-0.15, -0.1) is 24.0 Å². The number of hydrogen-bond donors (Lipinski definition) is 3. The summed E-state index contributed by atoms with van der Waals surface area (Å²) in [5.74, 6) is 0.612. The van der Waals surface area contributed by atoms with Crippen LogP contribution >= 0.6 is 24.0 Å². The number of halogens is 1. The third-order valence-corrected chi connectivity index (χ3v) is 5.45. The second kappa shape index (κ2) is 14.0. The van der Waals surface area contributed by atoms with Crippen LogP contribution in [-0.4, -0.2) is 56.5 Å². The van der Waals surface area contributed by atoms with Crippen molar-refractivity contribution in [3.63, 3.8) is 0 Å². The molecule has 1 atom stereocenters. The zero-order chi connectivity index (χ0) is 21.0. The van der Waals surface area contributed by atoms with Gasteiger partial charge in [-0.1, -0.05) is 60.7 Å². The van der Waals surface area contributed by atoms with Gasteiger partial charge in [0.15, 0.2) is 5.96 Å². The molecule has 1 fully saturated rings. The van der Waals surface area contributed by atoms with Crippen molar-refractivity contribution in [1.82, 2.24) is 20.9 Å². The maximum Gasteiger partial charge on any atom is 0.239 e. The standard InChI is InChI=1S/C24H33N5O.HI/c1-25-24(28-19-23(30)26-15-14-20-10-4-2-5-11-20)27-18-22(29-16-8-9-17-29)21-12-6-3-7-13-21;/h2-7,10-13,22H,8-9,14-19H2,1H3,(H,26,30)(H2,25,27,28);1H. The van der Waals surface area contributed by atoms with Crippen molar-refractivity contribution in [2.45, 2.75) is 25.3 Å². The summed E-state index contributed by atoms with van der Waals surface area (Å²) in [6.45, 7) is 3.82. The predicted molar refractivity (Wildman–Crippen MR) is 138 cm³/mol. The minimum atomic E-state index is -0.0342. The van der Waals surface area contributed by atoms with Gasteiger partial charge < -0.3 is 16.0 Å². The van der Waals surface area contributed by atoms with Gasteiger partial charge in [0, 0.05) is 20.1 Å². The Balaban J connectivity index is 0.00000341. The van der Waals surface area contributed by atoms with Gasteiger partial charge in [0.1, 0.15) is 0 Å². The van der Waals surface area contributed by atoms with Crippen LogP contribution in [0.25, 0.3) is 0 Å². The van der Waals surface area contributed by atoms with E-state index >= 15 is 0 Å². The first kappa shape index (κ1) is 25.1. The lowest BCUT2D eigenvalue weighted by molar-refractivity contribution is -0.119. The van der Waals surface area contributed by atoms with Crippen molar-refractivity contribution in [2.75, 3.05) is 39.8 Å². The molecule has 168 valence electrons. The Morgan fingerprint density at radius 2 is 1.61 bits per heavy atom. The summed E-state index contributed by atoms with van der Waals surface area (Å²) in [6.07, 6.45) is 3.33. The molecule has 0 radical (unpaired) electrons. The molecule has 31 heavy (non-hydrogen) atoms. The van der Waals surface area contributed by atoms with Crippen LogP contribution in [0.15, 0.2) is 65.7 Å². The lowest BCUT2D eigenvalue weighted by Crippen LogP contribution is -2.46. The van der Waals surface area contributed by atoms with E-state index in [0.717, 1.165) is 26.1 Å². The Hall–Kier alpha value is -2.13. The normalized spacial score (nSPS) is 15.1. The number of amides is 1. The Kier molecular flexibility index (Phi) is 11.4. The smallest absolute Gasteiger partial charge is 0.239 e. The second-order valence-electron chi connectivity index (χ2n) is 7.56. The maximum absolute atomic E-state index is 12.2. The van der Waals surface area contributed by atoms with E-state index in [2.05, 4.69) is 68.3 Å². The largest absolute Gasteiger partial charge is 0.354 e. The summed E-state index contributed by atoms with van der Waals surface area (Å²) in [6, 6.07) is 21.1. The Labute approximate surface area is 202 Å². The van der Waals surface area contributed by atoms with Crippen LogP contribution in [0, 0.1) is 0 Å². The second-order valence-corrected chi connectivity index (χ2v) is 7.56. The van der Waals surface area contributed by atoms with E-state index in [9.17, 15) is 4.79 Å². The van der Waals surface area contributed by atoms with Gasteiger partial charge in [0.25, 0.3) is 0 Å². The first-order valence-corrected chi connectivity index (χ1v) is 10.8. The van der Waals surface area contributed by atoms with E-state index in [4.69, 9.17) is 0 Å². The first-order valence-electron chi connectivity index (χ1n) is 10.8. The molecule has 1 saturated heterocycles. The molecule has 0 spiro atoms. The number of nitrogens with one attached hydrogen (secondary N) is 3. The van der Waals surface area contributed by atoms with Crippen LogP contribution in [0.4, 0.5) is 0 Å². The number of rotatable bonds is 9. The number of aliphatic imine (C=N–C) groups is 1. The Morgan fingerprint density at radius 3 is 2.26 bits per heavy atom. The number of likely N-dealkylation sites (tertiary alicyclic amines) is 1. The summed E-state index contributed by atoms with van der Waals surface area (Å²) in [5.41, 5.74) is 2.53. The summed E-state index contributed by atoms with van der Waals surface area (Å²) < 4.78 is 0. The van der Waals surface area contributed by atoms with Crippen molar-refractivity contribution in [3.8, 4) is 0 Å². The molecule has 0 saturated carbocycles. The van der Waals surface area contributed by atoms with Gasteiger partial charge in [-0.05, 0) is 43.5 Å². The van der Waals surface area contributed by atoms with Gasteiger partial charge in [0.2, 0.25) is 5.91 Å². The summed E-state index contributed by atoms with van der Waals surface area (Å²) in [5, 5.41) is 9.48. The fourth-order valence-electron chi connectivity index (χ4n) is 3.82. The number of carbonyl (C=O) groups excluding carboxylic acids is 1. The third kappa shape index (κ3) is 8.49. The number of carbonyl (C=O) groups is 1. The predicted octanol–water partition coefficient (Wildman–Crippen LogP) is 2.97. The zero-order valence-electron chi connectivity index (χ0n) is 18.2. The minimum Gasteiger partial charge on any atom is -0.354 e. The molecule has 1 aliphatic rings. The van der Waals surface area contributed by atoms with E-state index in [1.807, 2.05) is 18.2 Å². The Bertz CT molecular complexity index is 794. The summed E-state index contributed by atoms with van der Waals surface area (Å²) in [4.78, 5) is 19.0. The van der Waals surface area contributed by atoms with Crippen molar-refractivity contribution < 1.29 is 4.79 Å². The van der Waals surface area contributed by atoms with Crippen molar-refractivity contribution in [1.29, 1.82) is 0 Å². The van der Waals surface area contributed by atoms with E-state index in [1.54, 1.807) is 7.05 Å². The third-order valence-electron chi connectivity index (χ3n) is 5.45. The summed E-state index contributed by atoms with van der Waals surface area (Å²) >= 11 is 0. The average molecular weight is 535 g/mol. The molecule has 1 aliphatic heterocycles. The van der Waals surface area contributed by atoms with Crippen LogP contribution in [0.5, 0.6) is 0 Å². The zero-order valence-corrected chi connectivity index (χ0v) is 20.5. The highest BCUT2D eigenvalue weighted by Crippen LogP contribution is 2.24. The molecule has 0 aliphatic carbocycles. The lowest BCUT2D eigenvalue weighted by atomic mass is 10.1. The monoisotopic (exact) mass is 535 g/mol. The highest BCUT2D eigenvalue weighted by Gasteiger charge is 2.23. The van der Waals surface area contributed by atoms with E-state index < -0.39 is 0 Å². The van der Waals surface area contributed by atoms with Gasteiger partial charge >= 0.3 is 0 Å². The average Bonchev–Trinajstić information content (AvgIpc) is 3.32. The van der Waals surface area contributed by atoms with Crippen LogP contribution < -0.4 is 16.0 Å². The molecule has 2 aromatic carbocycles. The van der Waals surface area contributed by atoms with Crippen LogP contribution in [-0.2, 0) is 11.2 Å². The van der Waals surface area contributed by atoms with Gasteiger partial charge in [0.05, 0.1) is 12.6 Å². The fraction of sp³-hybridized carbons (Fsp3) is 0.417. The molecule has 0 aromatic heterocycles. The van der Waals surface area contributed by atoms with Gasteiger partial charge in [-0.2, -0.15) is 0 Å². The van der Waals surface area contributed by atoms with E-state index in [-0.39, 0.29) is 36.4 Å². The topological polar surface area (TPSA) is 68.8 Å². The highest BCUT2D eigenvalue weighted by molar-refractivity contribution is 14.0. The van der Waals surface area contributed by atoms with Crippen molar-refractivity contribution >= 4 is 35.8 Å². The fourth-order valence-corrected chi connectivity index (χ4v) is 3.82. The highest BCUT2D eigenvalue weighted by atomic mass is 127.